The van der Waals surface area contributed by atoms with Crippen LogP contribution in [-0.2, 0) is 4.79 Å². The largest absolute Gasteiger partial charge is 0.484 e. The fourth-order valence-electron chi connectivity index (χ4n) is 2.21. The first-order valence-corrected chi connectivity index (χ1v) is 7.95. The van der Waals surface area contributed by atoms with Crippen molar-refractivity contribution in [3.63, 3.8) is 0 Å². The first kappa shape index (κ1) is 15.5. The summed E-state index contributed by atoms with van der Waals surface area (Å²) in [5, 5.41) is 3.80. The Bertz CT molecular complexity index is 865. The lowest BCUT2D eigenvalue weighted by atomic mass is 10.2. The number of fused-ring (bicyclic) bond motifs is 1. The van der Waals surface area contributed by atoms with Crippen LogP contribution in [0.4, 0.5) is 5.69 Å². The highest BCUT2D eigenvalue weighted by Gasteiger charge is 2.05. The maximum absolute atomic E-state index is 12.0. The van der Waals surface area contributed by atoms with Crippen molar-refractivity contribution in [1.29, 1.82) is 0 Å². The van der Waals surface area contributed by atoms with Crippen molar-refractivity contribution >= 4 is 38.4 Å². The van der Waals surface area contributed by atoms with E-state index in [1.807, 2.05) is 55.5 Å². The van der Waals surface area contributed by atoms with E-state index in [4.69, 9.17) is 4.74 Å². The van der Waals surface area contributed by atoms with Gasteiger partial charge in [-0.15, -0.1) is 0 Å². The summed E-state index contributed by atoms with van der Waals surface area (Å²) in [5.41, 5.74) is 2.71. The number of benzene rings is 2. The number of nitrogens with zero attached hydrogens (tertiary/aromatic N) is 1. The van der Waals surface area contributed by atoms with Gasteiger partial charge < -0.3 is 10.1 Å². The third-order valence-corrected chi connectivity index (χ3v) is 4.28. The fraction of sp³-hybridized carbons (Fsp3) is 0.111. The van der Waals surface area contributed by atoms with Crippen LogP contribution in [-0.4, -0.2) is 17.5 Å². The first-order chi connectivity index (χ1) is 11.1. The van der Waals surface area contributed by atoms with E-state index in [1.54, 1.807) is 6.20 Å². The van der Waals surface area contributed by atoms with Gasteiger partial charge in [0.15, 0.2) is 6.61 Å². The zero-order valence-electron chi connectivity index (χ0n) is 12.5. The Hall–Kier alpha value is -2.40. The third-order valence-electron chi connectivity index (χ3n) is 3.39. The molecule has 0 aliphatic rings. The highest BCUT2D eigenvalue weighted by molar-refractivity contribution is 9.10. The smallest absolute Gasteiger partial charge is 0.262 e. The Labute approximate surface area is 142 Å². The van der Waals surface area contributed by atoms with Gasteiger partial charge in [0.25, 0.3) is 5.91 Å². The molecule has 0 atom stereocenters. The predicted molar refractivity (Wildman–Crippen MR) is 94.7 cm³/mol. The third kappa shape index (κ3) is 3.87. The van der Waals surface area contributed by atoms with Gasteiger partial charge in [0.1, 0.15) is 5.75 Å². The lowest BCUT2D eigenvalue weighted by molar-refractivity contribution is -0.118. The van der Waals surface area contributed by atoms with E-state index in [0.717, 1.165) is 26.6 Å². The van der Waals surface area contributed by atoms with Crippen molar-refractivity contribution in [2.24, 2.45) is 0 Å². The quantitative estimate of drug-likeness (QED) is 0.743. The van der Waals surface area contributed by atoms with Crippen molar-refractivity contribution < 1.29 is 9.53 Å². The summed E-state index contributed by atoms with van der Waals surface area (Å²) in [6.07, 6.45) is 1.75. The maximum atomic E-state index is 12.0. The lowest BCUT2D eigenvalue weighted by Gasteiger charge is -2.09. The number of nitrogens with one attached hydrogen (secondary N) is 1. The Morgan fingerprint density at radius 3 is 2.91 bits per heavy atom. The second-order valence-electron chi connectivity index (χ2n) is 5.16. The summed E-state index contributed by atoms with van der Waals surface area (Å²) >= 11 is 3.43. The molecule has 0 bridgehead atoms. The number of ether oxygens (including phenoxy) is 1. The van der Waals surface area contributed by atoms with Crippen LogP contribution in [0.1, 0.15) is 5.56 Å². The minimum atomic E-state index is -0.196. The number of carbonyl (C=O) groups excluding carboxylic acids is 1. The minimum Gasteiger partial charge on any atom is -0.484 e. The van der Waals surface area contributed by atoms with Gasteiger partial charge in [-0.2, -0.15) is 0 Å². The van der Waals surface area contributed by atoms with Gasteiger partial charge in [-0.25, -0.2) is 0 Å². The molecule has 1 N–H and O–H groups in total. The molecule has 1 aromatic heterocycles. The molecule has 0 fully saturated rings. The number of carbonyl (C=O) groups is 1. The standard InChI is InChI=1S/C18H15BrN2O2/c1-12-9-14(4-6-16(12)19)21-18(22)11-23-15-5-7-17-13(10-15)3-2-8-20-17/h2-10H,11H2,1H3,(H,21,22). The summed E-state index contributed by atoms with van der Waals surface area (Å²) in [4.78, 5) is 16.2. The molecule has 1 heterocycles. The summed E-state index contributed by atoms with van der Waals surface area (Å²) in [5.74, 6) is 0.450. The molecule has 0 radical (unpaired) electrons. The zero-order chi connectivity index (χ0) is 16.2. The number of anilines is 1. The molecule has 23 heavy (non-hydrogen) atoms. The van der Waals surface area contributed by atoms with Gasteiger partial charge in [0.2, 0.25) is 0 Å². The average Bonchev–Trinajstić information content (AvgIpc) is 2.56. The highest BCUT2D eigenvalue weighted by atomic mass is 79.9. The van der Waals surface area contributed by atoms with E-state index < -0.39 is 0 Å². The van der Waals surface area contributed by atoms with E-state index in [9.17, 15) is 4.79 Å². The molecule has 0 unspecified atom stereocenters. The molecule has 0 spiro atoms. The SMILES string of the molecule is Cc1cc(NC(=O)COc2ccc3ncccc3c2)ccc1Br. The Balaban J connectivity index is 1.62. The van der Waals surface area contributed by atoms with Crippen LogP contribution in [0.15, 0.2) is 59.2 Å². The molecule has 4 nitrogen and oxygen atoms in total. The fourth-order valence-corrected chi connectivity index (χ4v) is 2.46. The first-order valence-electron chi connectivity index (χ1n) is 7.15. The normalized spacial score (nSPS) is 10.5. The Morgan fingerprint density at radius 2 is 2.09 bits per heavy atom. The van der Waals surface area contributed by atoms with E-state index >= 15 is 0 Å². The van der Waals surface area contributed by atoms with Gasteiger partial charge in [-0.3, -0.25) is 9.78 Å². The van der Waals surface area contributed by atoms with Crippen molar-refractivity contribution in [2.45, 2.75) is 6.92 Å². The molecule has 5 heteroatoms. The molecule has 3 aromatic rings. The van der Waals surface area contributed by atoms with Crippen molar-refractivity contribution in [3.05, 3.63) is 64.8 Å². The summed E-state index contributed by atoms with van der Waals surface area (Å²) < 4.78 is 6.56. The van der Waals surface area contributed by atoms with Crippen LogP contribution in [0.3, 0.4) is 0 Å². The number of hydrogen-bond acceptors (Lipinski definition) is 3. The molecular formula is C18H15BrN2O2. The molecular weight excluding hydrogens is 356 g/mol. The second-order valence-corrected chi connectivity index (χ2v) is 6.01. The van der Waals surface area contributed by atoms with Crippen LogP contribution in [0.2, 0.25) is 0 Å². The van der Waals surface area contributed by atoms with Crippen LogP contribution >= 0.6 is 15.9 Å². The maximum Gasteiger partial charge on any atom is 0.262 e. The number of amides is 1. The Kier molecular flexibility index (Phi) is 4.57. The molecule has 0 saturated heterocycles. The van der Waals surface area contributed by atoms with Crippen molar-refractivity contribution in [3.8, 4) is 5.75 Å². The van der Waals surface area contributed by atoms with Gasteiger partial charge >= 0.3 is 0 Å². The molecule has 0 aliphatic carbocycles. The molecule has 0 aliphatic heterocycles. The summed E-state index contributed by atoms with van der Waals surface area (Å²) in [6, 6.07) is 15.0. The summed E-state index contributed by atoms with van der Waals surface area (Å²) in [6.45, 7) is 1.93. The molecule has 116 valence electrons. The number of hydrogen-bond donors (Lipinski definition) is 1. The van der Waals surface area contributed by atoms with E-state index in [0.29, 0.717) is 5.75 Å². The number of halogens is 1. The lowest BCUT2D eigenvalue weighted by Crippen LogP contribution is -2.20. The van der Waals surface area contributed by atoms with Crippen molar-refractivity contribution in [1.82, 2.24) is 4.98 Å². The predicted octanol–water partition coefficient (Wildman–Crippen LogP) is 4.32. The topological polar surface area (TPSA) is 51.2 Å². The van der Waals surface area contributed by atoms with Gasteiger partial charge in [0.05, 0.1) is 5.52 Å². The van der Waals surface area contributed by atoms with Crippen LogP contribution in [0.25, 0.3) is 10.9 Å². The van der Waals surface area contributed by atoms with Crippen LogP contribution < -0.4 is 10.1 Å². The monoisotopic (exact) mass is 370 g/mol. The van der Waals surface area contributed by atoms with Gasteiger partial charge in [-0.05, 0) is 55.0 Å². The van der Waals surface area contributed by atoms with E-state index in [2.05, 4.69) is 26.2 Å². The number of rotatable bonds is 4. The van der Waals surface area contributed by atoms with E-state index in [-0.39, 0.29) is 12.5 Å². The minimum absolute atomic E-state index is 0.0408. The van der Waals surface area contributed by atoms with Crippen LogP contribution in [0, 0.1) is 6.92 Å². The second kappa shape index (κ2) is 6.79. The van der Waals surface area contributed by atoms with Gasteiger partial charge in [0, 0.05) is 21.7 Å². The number of pyridine rings is 1. The van der Waals surface area contributed by atoms with Crippen LogP contribution in [0.5, 0.6) is 5.75 Å². The number of aryl methyl sites for hydroxylation is 1. The Morgan fingerprint density at radius 1 is 1.22 bits per heavy atom. The van der Waals surface area contributed by atoms with Crippen molar-refractivity contribution in [2.75, 3.05) is 11.9 Å². The molecule has 2 aromatic carbocycles. The van der Waals surface area contributed by atoms with E-state index in [1.165, 1.54) is 0 Å². The zero-order valence-corrected chi connectivity index (χ0v) is 14.1. The average molecular weight is 371 g/mol. The molecule has 0 saturated carbocycles. The van der Waals surface area contributed by atoms with Gasteiger partial charge in [-0.1, -0.05) is 22.0 Å². The molecule has 3 rings (SSSR count). The highest BCUT2D eigenvalue weighted by Crippen LogP contribution is 2.21. The summed E-state index contributed by atoms with van der Waals surface area (Å²) in [7, 11) is 0. The molecule has 1 amide bonds. The number of aromatic nitrogens is 1.